The van der Waals surface area contributed by atoms with Gasteiger partial charge in [-0.05, 0) is 53.3 Å². The third-order valence-electron chi connectivity index (χ3n) is 2.49. The summed E-state index contributed by atoms with van der Waals surface area (Å²) in [5.74, 6) is 0. The van der Waals surface area contributed by atoms with E-state index in [1.54, 1.807) is 0 Å². The van der Waals surface area contributed by atoms with Crippen molar-refractivity contribution in [2.45, 2.75) is 11.8 Å². The molecule has 0 aliphatic rings. The van der Waals surface area contributed by atoms with Crippen LogP contribution in [0.15, 0.2) is 62.4 Å². The quantitative estimate of drug-likeness (QED) is 0.728. The van der Waals surface area contributed by atoms with Crippen LogP contribution in [0.1, 0.15) is 11.1 Å². The summed E-state index contributed by atoms with van der Waals surface area (Å²) < 4.78 is 13.1. The number of rotatable bonds is 3. The Labute approximate surface area is 124 Å². The Morgan fingerprint density at radius 1 is 1.06 bits per heavy atom. The van der Waals surface area contributed by atoms with Crippen molar-refractivity contribution < 1.29 is 4.21 Å². The lowest BCUT2D eigenvalue weighted by Crippen LogP contribution is -1.90. The van der Waals surface area contributed by atoms with Gasteiger partial charge in [0.05, 0.1) is 13.7 Å². The van der Waals surface area contributed by atoms with E-state index in [0.29, 0.717) is 0 Å². The van der Waals surface area contributed by atoms with E-state index in [0.717, 1.165) is 13.4 Å². The third-order valence-corrected chi connectivity index (χ3v) is 5.18. The first kappa shape index (κ1) is 13.5. The monoisotopic (exact) mass is 368 g/mol. The number of aryl methyl sites for hydroxylation is 1. The number of hydrogen-bond acceptors (Lipinski definition) is 1. The second-order valence-electron chi connectivity index (χ2n) is 3.94. The maximum Gasteiger partial charge on any atom is 0.0911 e. The van der Waals surface area contributed by atoms with Crippen LogP contribution < -0.4 is 0 Å². The molecule has 0 radical (unpaired) electrons. The van der Waals surface area contributed by atoms with Gasteiger partial charge in [-0.25, -0.2) is 4.21 Å². The van der Waals surface area contributed by atoms with E-state index in [1.165, 1.54) is 5.56 Å². The van der Waals surface area contributed by atoms with Gasteiger partial charge in [0.1, 0.15) is 0 Å². The van der Waals surface area contributed by atoms with E-state index in [-0.39, 0.29) is 0 Å². The molecule has 1 atom stereocenters. The van der Waals surface area contributed by atoms with Crippen molar-refractivity contribution in [1.82, 2.24) is 0 Å². The van der Waals surface area contributed by atoms with Gasteiger partial charge >= 0.3 is 0 Å². The van der Waals surface area contributed by atoms with Crippen LogP contribution in [0.3, 0.4) is 0 Å². The Balaban J connectivity index is 2.24. The highest BCUT2D eigenvalue weighted by Crippen LogP contribution is 2.22. The summed E-state index contributed by atoms with van der Waals surface area (Å²) in [5, 5.41) is 0. The van der Waals surface area contributed by atoms with Crippen molar-refractivity contribution in [2.24, 2.45) is 0 Å². The van der Waals surface area contributed by atoms with E-state index in [4.69, 9.17) is 0 Å². The summed E-state index contributed by atoms with van der Waals surface area (Å²) in [7, 11) is -1.09. The number of hydrogen-bond donors (Lipinski definition) is 0. The maximum absolute atomic E-state index is 12.3. The molecule has 18 heavy (non-hydrogen) atoms. The normalized spacial score (nSPS) is 13.3. The van der Waals surface area contributed by atoms with Gasteiger partial charge in [0.25, 0.3) is 0 Å². The lowest BCUT2D eigenvalue weighted by molar-refractivity contribution is 0.688. The summed E-state index contributed by atoms with van der Waals surface area (Å²) in [4.78, 5) is 0.845. The van der Waals surface area contributed by atoms with Crippen LogP contribution in [0.2, 0.25) is 0 Å². The molecule has 0 heterocycles. The van der Waals surface area contributed by atoms with E-state index in [2.05, 4.69) is 22.6 Å². The van der Waals surface area contributed by atoms with E-state index in [9.17, 15) is 4.21 Å². The Morgan fingerprint density at radius 2 is 1.67 bits per heavy atom. The van der Waals surface area contributed by atoms with Crippen LogP contribution in [0.25, 0.3) is 6.08 Å². The van der Waals surface area contributed by atoms with Crippen LogP contribution in [-0.2, 0) is 10.8 Å². The van der Waals surface area contributed by atoms with E-state index < -0.39 is 10.8 Å². The van der Waals surface area contributed by atoms with Gasteiger partial charge in [0.2, 0.25) is 0 Å². The average molecular weight is 368 g/mol. The summed E-state index contributed by atoms with van der Waals surface area (Å²) in [5.41, 5.74) is 2.25. The maximum atomic E-state index is 12.3. The molecule has 0 N–H and O–H groups in total. The van der Waals surface area contributed by atoms with Crippen molar-refractivity contribution in [2.75, 3.05) is 0 Å². The molecule has 0 amide bonds. The first-order valence-corrected chi connectivity index (χ1v) is 7.80. The van der Waals surface area contributed by atoms with Gasteiger partial charge < -0.3 is 0 Å². The molecule has 0 spiro atoms. The lowest BCUT2D eigenvalue weighted by Gasteiger charge is -2.02. The molecule has 2 aromatic carbocycles. The molecule has 0 aromatic heterocycles. The van der Waals surface area contributed by atoms with Crippen molar-refractivity contribution >= 4 is 39.5 Å². The molecular weight excluding hydrogens is 355 g/mol. The Hall–Kier alpha value is -0.940. The molecule has 0 saturated heterocycles. The van der Waals surface area contributed by atoms with Gasteiger partial charge in [-0.2, -0.15) is 0 Å². The van der Waals surface area contributed by atoms with Crippen molar-refractivity contribution in [1.29, 1.82) is 0 Å². The zero-order valence-corrected chi connectivity index (χ0v) is 12.9. The summed E-state index contributed by atoms with van der Waals surface area (Å²) >= 11 is 2.14. The van der Waals surface area contributed by atoms with Crippen LogP contribution in [-0.4, -0.2) is 4.21 Å². The highest BCUT2D eigenvalue weighted by atomic mass is 127. The zero-order chi connectivity index (χ0) is 13.0. The molecule has 2 aromatic rings. The van der Waals surface area contributed by atoms with Crippen molar-refractivity contribution in [3.05, 3.63) is 68.6 Å². The second-order valence-corrected chi connectivity index (χ2v) is 7.28. The predicted octanol–water partition coefficient (Wildman–Crippen LogP) is 4.54. The first-order valence-electron chi connectivity index (χ1n) is 5.57. The first-order chi connectivity index (χ1) is 8.66. The molecule has 0 saturated carbocycles. The zero-order valence-electron chi connectivity index (χ0n) is 9.97. The molecule has 0 bridgehead atoms. The molecule has 0 fully saturated rings. The van der Waals surface area contributed by atoms with Crippen molar-refractivity contribution in [3.63, 3.8) is 0 Å². The van der Waals surface area contributed by atoms with Crippen LogP contribution in [0, 0.1) is 6.92 Å². The van der Waals surface area contributed by atoms with Crippen molar-refractivity contribution in [3.8, 4) is 0 Å². The number of halogens is 1. The van der Waals surface area contributed by atoms with Crippen LogP contribution >= 0.6 is 22.6 Å². The minimum atomic E-state index is -1.09. The molecule has 0 unspecified atom stereocenters. The topological polar surface area (TPSA) is 17.1 Å². The van der Waals surface area contributed by atoms with Crippen LogP contribution in [0.4, 0.5) is 0 Å². The standard InChI is InChI=1S/C15H13IOS/c1-12-7-9-14(10-8-12)18(17)15(16)11-13-5-3-2-4-6-13/h2-11H,1H3/b15-11-/t18-/m0/s1. The van der Waals surface area contributed by atoms with Gasteiger partial charge in [-0.1, -0.05) is 48.0 Å². The summed E-state index contributed by atoms with van der Waals surface area (Å²) in [6, 6.07) is 17.7. The van der Waals surface area contributed by atoms with Gasteiger partial charge in [0, 0.05) is 4.90 Å². The molecule has 3 heteroatoms. The fourth-order valence-corrected chi connectivity index (χ4v) is 3.48. The van der Waals surface area contributed by atoms with E-state index >= 15 is 0 Å². The predicted molar refractivity (Wildman–Crippen MR) is 86.0 cm³/mol. The SMILES string of the molecule is Cc1ccc([S@](=O)/C(I)=C\c2ccccc2)cc1. The highest BCUT2D eigenvalue weighted by molar-refractivity contribution is 14.1. The molecule has 0 aliphatic heterocycles. The van der Waals surface area contributed by atoms with E-state index in [1.807, 2.05) is 67.6 Å². The molecule has 92 valence electrons. The molecule has 0 aliphatic carbocycles. The third kappa shape index (κ3) is 3.53. The second kappa shape index (κ2) is 6.29. The average Bonchev–Trinajstić information content (AvgIpc) is 2.40. The fourth-order valence-electron chi connectivity index (χ4n) is 1.51. The molecule has 2 rings (SSSR count). The fraction of sp³-hybridized carbons (Fsp3) is 0.0667. The molecular formula is C15H13IOS. The summed E-state index contributed by atoms with van der Waals surface area (Å²) in [6.07, 6.45) is 1.95. The number of benzene rings is 2. The molecule has 1 nitrogen and oxygen atoms in total. The lowest BCUT2D eigenvalue weighted by atomic mass is 10.2. The minimum Gasteiger partial charge on any atom is -0.249 e. The highest BCUT2D eigenvalue weighted by Gasteiger charge is 2.07. The Bertz CT molecular complexity index is 573. The summed E-state index contributed by atoms with van der Waals surface area (Å²) in [6.45, 7) is 2.03. The largest absolute Gasteiger partial charge is 0.249 e. The Morgan fingerprint density at radius 3 is 2.28 bits per heavy atom. The Kier molecular flexibility index (Phi) is 4.72. The smallest absolute Gasteiger partial charge is 0.0911 e. The van der Waals surface area contributed by atoms with Gasteiger partial charge in [0.15, 0.2) is 0 Å². The van der Waals surface area contributed by atoms with Gasteiger partial charge in [-0.3, -0.25) is 0 Å². The van der Waals surface area contributed by atoms with Gasteiger partial charge in [-0.15, -0.1) is 0 Å². The van der Waals surface area contributed by atoms with Crippen LogP contribution in [0.5, 0.6) is 0 Å². The minimum absolute atomic E-state index is 0.836.